The minimum atomic E-state index is -0.605. The molecule has 1 amide bonds. The number of hydrogen-bond acceptors (Lipinski definition) is 6. The van der Waals surface area contributed by atoms with Gasteiger partial charge in [-0.05, 0) is 67.3 Å². The standard InChI is InChI=1S/C20H21N3O3S/c1-13(25-16-9-8-14-5-2-3-6-15(14)11-16)20(24)21-12-18-22-19(23-26-18)17-7-4-10-27-17/h4,7-11,13H,2-3,5-6,12H2,1H3,(H,21,24)/t13-/m1/s1. The van der Waals surface area contributed by atoms with Crippen LogP contribution in [-0.2, 0) is 24.2 Å². The number of carbonyl (C=O) groups excluding carboxylic acids is 1. The van der Waals surface area contributed by atoms with Crippen LogP contribution in [0, 0.1) is 0 Å². The summed E-state index contributed by atoms with van der Waals surface area (Å²) in [6.45, 7) is 1.91. The molecule has 4 rings (SSSR count). The van der Waals surface area contributed by atoms with Crippen LogP contribution in [-0.4, -0.2) is 22.2 Å². The molecular formula is C20H21N3O3S. The van der Waals surface area contributed by atoms with E-state index in [1.54, 1.807) is 6.92 Å². The van der Waals surface area contributed by atoms with Crippen molar-refractivity contribution in [2.75, 3.05) is 0 Å². The highest BCUT2D eigenvalue weighted by Gasteiger charge is 2.18. The van der Waals surface area contributed by atoms with Crippen LogP contribution >= 0.6 is 11.3 Å². The van der Waals surface area contributed by atoms with Gasteiger partial charge in [0.1, 0.15) is 5.75 Å². The molecule has 1 aliphatic rings. The summed E-state index contributed by atoms with van der Waals surface area (Å²) in [4.78, 5) is 17.5. The highest BCUT2D eigenvalue weighted by molar-refractivity contribution is 7.13. The summed E-state index contributed by atoms with van der Waals surface area (Å²) in [7, 11) is 0. The SMILES string of the molecule is C[C@@H](Oc1ccc2c(c1)CCCC2)C(=O)NCc1nc(-c2cccs2)no1. The van der Waals surface area contributed by atoms with Crippen molar-refractivity contribution in [2.45, 2.75) is 45.3 Å². The molecule has 140 valence electrons. The molecule has 0 bridgehead atoms. The number of hydrogen-bond donors (Lipinski definition) is 1. The molecule has 0 spiro atoms. The van der Waals surface area contributed by atoms with E-state index < -0.39 is 6.10 Å². The third-order valence-electron chi connectivity index (χ3n) is 4.63. The van der Waals surface area contributed by atoms with Gasteiger partial charge in [0.15, 0.2) is 6.10 Å². The van der Waals surface area contributed by atoms with Crippen LogP contribution < -0.4 is 10.1 Å². The Morgan fingerprint density at radius 2 is 2.15 bits per heavy atom. The first kappa shape index (κ1) is 17.7. The number of nitrogens with zero attached hydrogens (tertiary/aromatic N) is 2. The average Bonchev–Trinajstić information content (AvgIpc) is 3.37. The zero-order valence-corrected chi connectivity index (χ0v) is 15.9. The predicted molar refractivity (Wildman–Crippen MR) is 103 cm³/mol. The van der Waals surface area contributed by atoms with E-state index in [0.717, 1.165) is 23.5 Å². The summed E-state index contributed by atoms with van der Waals surface area (Å²) in [6, 6.07) is 9.96. The van der Waals surface area contributed by atoms with Gasteiger partial charge in [-0.1, -0.05) is 17.3 Å². The molecule has 27 heavy (non-hydrogen) atoms. The second-order valence-corrected chi connectivity index (χ2v) is 7.55. The molecular weight excluding hydrogens is 362 g/mol. The van der Waals surface area contributed by atoms with Crippen molar-refractivity contribution in [3.8, 4) is 16.5 Å². The van der Waals surface area contributed by atoms with Crippen molar-refractivity contribution < 1.29 is 14.1 Å². The molecule has 0 fully saturated rings. The summed E-state index contributed by atoms with van der Waals surface area (Å²) in [5, 5.41) is 8.67. The van der Waals surface area contributed by atoms with Crippen molar-refractivity contribution in [2.24, 2.45) is 0 Å². The van der Waals surface area contributed by atoms with Crippen LogP contribution in [0.25, 0.3) is 10.7 Å². The molecule has 3 aromatic rings. The fraction of sp³-hybridized carbons (Fsp3) is 0.350. The van der Waals surface area contributed by atoms with Gasteiger partial charge >= 0.3 is 0 Å². The number of nitrogens with one attached hydrogen (secondary N) is 1. The quantitative estimate of drug-likeness (QED) is 0.701. The van der Waals surface area contributed by atoms with E-state index in [9.17, 15) is 4.79 Å². The number of thiophene rings is 1. The summed E-state index contributed by atoms with van der Waals surface area (Å²) in [6.07, 6.45) is 4.06. The van der Waals surface area contributed by atoms with Crippen LogP contribution in [0.3, 0.4) is 0 Å². The predicted octanol–water partition coefficient (Wildman–Crippen LogP) is 3.76. The van der Waals surface area contributed by atoms with Crippen molar-refractivity contribution in [1.82, 2.24) is 15.5 Å². The van der Waals surface area contributed by atoms with Crippen molar-refractivity contribution in [1.29, 1.82) is 0 Å². The monoisotopic (exact) mass is 383 g/mol. The van der Waals surface area contributed by atoms with E-state index in [2.05, 4.69) is 27.6 Å². The van der Waals surface area contributed by atoms with E-state index in [1.807, 2.05) is 23.6 Å². The molecule has 7 heteroatoms. The lowest BCUT2D eigenvalue weighted by atomic mass is 9.92. The molecule has 1 aliphatic carbocycles. The first-order chi connectivity index (χ1) is 13.2. The summed E-state index contributed by atoms with van der Waals surface area (Å²) in [5.41, 5.74) is 2.72. The molecule has 1 N–H and O–H groups in total. The van der Waals surface area contributed by atoms with Crippen molar-refractivity contribution >= 4 is 17.2 Å². The molecule has 1 aromatic carbocycles. The molecule has 1 atom stereocenters. The molecule has 0 saturated carbocycles. The van der Waals surface area contributed by atoms with Crippen LogP contribution in [0.2, 0.25) is 0 Å². The van der Waals surface area contributed by atoms with Crippen LogP contribution in [0.4, 0.5) is 0 Å². The van der Waals surface area contributed by atoms with Gasteiger partial charge in [0.25, 0.3) is 5.91 Å². The number of rotatable bonds is 6. The highest BCUT2D eigenvalue weighted by Crippen LogP contribution is 2.26. The van der Waals surface area contributed by atoms with Gasteiger partial charge in [-0.15, -0.1) is 11.3 Å². The van der Waals surface area contributed by atoms with Gasteiger partial charge < -0.3 is 14.6 Å². The van der Waals surface area contributed by atoms with Gasteiger partial charge in [-0.25, -0.2) is 0 Å². The van der Waals surface area contributed by atoms with E-state index in [4.69, 9.17) is 9.26 Å². The summed E-state index contributed by atoms with van der Waals surface area (Å²) < 4.78 is 11.0. The molecule has 0 radical (unpaired) electrons. The van der Waals surface area contributed by atoms with Gasteiger partial charge in [-0.2, -0.15) is 4.98 Å². The molecule has 2 heterocycles. The largest absolute Gasteiger partial charge is 0.481 e. The number of aryl methyl sites for hydroxylation is 2. The lowest BCUT2D eigenvalue weighted by Crippen LogP contribution is -2.36. The highest BCUT2D eigenvalue weighted by atomic mass is 32.1. The van der Waals surface area contributed by atoms with Gasteiger partial charge in [-0.3, -0.25) is 4.79 Å². The lowest BCUT2D eigenvalue weighted by molar-refractivity contribution is -0.127. The minimum absolute atomic E-state index is 0.176. The zero-order valence-electron chi connectivity index (χ0n) is 15.1. The van der Waals surface area contributed by atoms with Crippen molar-refractivity contribution in [3.05, 3.63) is 52.7 Å². The van der Waals surface area contributed by atoms with Gasteiger partial charge in [0.05, 0.1) is 11.4 Å². The maximum Gasteiger partial charge on any atom is 0.261 e. The molecule has 6 nitrogen and oxygen atoms in total. The number of ether oxygens (including phenoxy) is 1. The Morgan fingerprint density at radius 1 is 1.30 bits per heavy atom. The third kappa shape index (κ3) is 4.19. The number of benzene rings is 1. The first-order valence-electron chi connectivity index (χ1n) is 9.11. The summed E-state index contributed by atoms with van der Waals surface area (Å²) >= 11 is 1.54. The second kappa shape index (κ2) is 7.92. The number of carbonyl (C=O) groups is 1. The first-order valence-corrected chi connectivity index (χ1v) is 9.99. The number of aromatic nitrogens is 2. The van der Waals surface area contributed by atoms with Crippen LogP contribution in [0.1, 0.15) is 36.8 Å². The van der Waals surface area contributed by atoms with E-state index in [1.165, 1.54) is 35.3 Å². The Kier molecular flexibility index (Phi) is 5.20. The molecule has 0 aliphatic heterocycles. The topological polar surface area (TPSA) is 77.2 Å². The Morgan fingerprint density at radius 3 is 2.96 bits per heavy atom. The van der Waals surface area contributed by atoms with Crippen LogP contribution in [0.15, 0.2) is 40.2 Å². The maximum absolute atomic E-state index is 12.3. The van der Waals surface area contributed by atoms with Crippen LogP contribution in [0.5, 0.6) is 5.75 Å². The minimum Gasteiger partial charge on any atom is -0.481 e. The second-order valence-electron chi connectivity index (χ2n) is 6.60. The third-order valence-corrected chi connectivity index (χ3v) is 5.49. The normalized spacial score (nSPS) is 14.4. The molecule has 2 aromatic heterocycles. The Balaban J connectivity index is 1.32. The lowest BCUT2D eigenvalue weighted by Gasteiger charge is -2.19. The van der Waals surface area contributed by atoms with Crippen molar-refractivity contribution in [3.63, 3.8) is 0 Å². The Labute approximate surface area is 161 Å². The Hall–Kier alpha value is -2.67. The smallest absolute Gasteiger partial charge is 0.261 e. The number of fused-ring (bicyclic) bond motifs is 1. The van der Waals surface area contributed by atoms with E-state index >= 15 is 0 Å². The maximum atomic E-state index is 12.3. The molecule has 0 saturated heterocycles. The fourth-order valence-electron chi connectivity index (χ4n) is 3.18. The van der Waals surface area contributed by atoms with E-state index in [0.29, 0.717) is 11.7 Å². The molecule has 0 unspecified atom stereocenters. The van der Waals surface area contributed by atoms with E-state index in [-0.39, 0.29) is 12.5 Å². The average molecular weight is 383 g/mol. The summed E-state index contributed by atoms with van der Waals surface area (Å²) in [5.74, 6) is 1.42. The fourth-order valence-corrected chi connectivity index (χ4v) is 3.83. The van der Waals surface area contributed by atoms with Gasteiger partial charge in [0.2, 0.25) is 11.7 Å². The zero-order chi connectivity index (χ0) is 18.6. The van der Waals surface area contributed by atoms with Gasteiger partial charge in [0, 0.05) is 0 Å². The Bertz CT molecular complexity index is 920. The number of amides is 1.